The predicted octanol–water partition coefficient (Wildman–Crippen LogP) is 0.668. The van der Waals surface area contributed by atoms with Gasteiger partial charge in [-0.05, 0) is 32.3 Å². The lowest BCUT2D eigenvalue weighted by atomic mass is 10.0. The monoisotopic (exact) mass is 262 g/mol. The molecule has 0 aromatic carbocycles. The molecule has 0 aliphatic rings. The zero-order chi connectivity index (χ0) is 14.0. The first-order valence-electron chi connectivity index (χ1n) is 6.56. The lowest BCUT2D eigenvalue weighted by Gasteiger charge is -2.11. The average molecular weight is 262 g/mol. The molecule has 6 heteroatoms. The highest BCUT2D eigenvalue weighted by Gasteiger charge is 2.13. The Bertz CT molecular complexity index is 553. The molecule has 0 spiro atoms. The summed E-state index contributed by atoms with van der Waals surface area (Å²) >= 11 is 0. The number of aromatic nitrogens is 5. The second-order valence-corrected chi connectivity index (χ2v) is 5.08. The first-order valence-corrected chi connectivity index (χ1v) is 6.56. The van der Waals surface area contributed by atoms with Gasteiger partial charge in [0.15, 0.2) is 0 Å². The lowest BCUT2D eigenvalue weighted by Crippen LogP contribution is -2.25. The van der Waals surface area contributed by atoms with Crippen molar-refractivity contribution in [2.75, 3.05) is 0 Å². The summed E-state index contributed by atoms with van der Waals surface area (Å²) in [4.78, 5) is 4.21. The summed E-state index contributed by atoms with van der Waals surface area (Å²) in [6.07, 6.45) is 4.22. The molecule has 2 rings (SSSR count). The van der Waals surface area contributed by atoms with Gasteiger partial charge in [0.05, 0.1) is 5.69 Å². The molecule has 0 amide bonds. The molecular formula is C13H22N6. The molecule has 0 radical (unpaired) electrons. The first kappa shape index (κ1) is 13.7. The molecule has 2 heterocycles. The quantitative estimate of drug-likeness (QED) is 0.859. The van der Waals surface area contributed by atoms with Crippen LogP contribution in [0, 0.1) is 13.8 Å². The summed E-state index contributed by atoms with van der Waals surface area (Å²) in [5.74, 6) is 0.937. The third-order valence-corrected chi connectivity index (χ3v) is 3.67. The van der Waals surface area contributed by atoms with Gasteiger partial charge in [-0.1, -0.05) is 0 Å². The maximum Gasteiger partial charge on any atom is 0.138 e. The molecule has 0 bridgehead atoms. The topological polar surface area (TPSA) is 74.6 Å². The van der Waals surface area contributed by atoms with E-state index in [4.69, 9.17) is 5.73 Å². The van der Waals surface area contributed by atoms with Gasteiger partial charge >= 0.3 is 0 Å². The van der Waals surface area contributed by atoms with Crippen molar-refractivity contribution in [2.45, 2.75) is 39.2 Å². The molecule has 2 aromatic rings. The van der Waals surface area contributed by atoms with Crippen LogP contribution in [0.5, 0.6) is 0 Å². The molecular weight excluding hydrogens is 240 g/mol. The van der Waals surface area contributed by atoms with Crippen LogP contribution in [0.4, 0.5) is 0 Å². The minimum Gasteiger partial charge on any atom is -0.327 e. The summed E-state index contributed by atoms with van der Waals surface area (Å²) in [6.45, 7) is 4.15. The predicted molar refractivity (Wildman–Crippen MR) is 73.7 cm³/mol. The molecule has 0 saturated heterocycles. The maximum absolute atomic E-state index is 6.18. The van der Waals surface area contributed by atoms with Crippen molar-refractivity contribution in [3.63, 3.8) is 0 Å². The molecule has 1 unspecified atom stereocenters. The molecule has 0 saturated carbocycles. The number of hydrogen-bond donors (Lipinski definition) is 1. The van der Waals surface area contributed by atoms with Crippen LogP contribution in [0.1, 0.15) is 29.2 Å². The van der Waals surface area contributed by atoms with Crippen LogP contribution in [0.25, 0.3) is 0 Å². The smallest absolute Gasteiger partial charge is 0.138 e. The molecule has 2 N–H and O–H groups in total. The number of hydrogen-bond acceptors (Lipinski definition) is 4. The van der Waals surface area contributed by atoms with E-state index in [-0.39, 0.29) is 6.04 Å². The van der Waals surface area contributed by atoms with Crippen LogP contribution in [-0.4, -0.2) is 30.6 Å². The molecule has 0 aliphatic carbocycles. The summed E-state index contributed by atoms with van der Waals surface area (Å²) in [5, 5.41) is 8.48. The van der Waals surface area contributed by atoms with Gasteiger partial charge in [0, 0.05) is 32.3 Å². The fraction of sp³-hybridized carbons (Fsp3) is 0.615. The average Bonchev–Trinajstić information content (AvgIpc) is 2.84. The fourth-order valence-electron chi connectivity index (χ4n) is 2.35. The number of nitrogens with two attached hydrogens (primary N) is 1. The number of aryl methyl sites for hydroxylation is 3. The minimum atomic E-state index is 0.0990. The van der Waals surface area contributed by atoms with Crippen molar-refractivity contribution < 1.29 is 0 Å². The van der Waals surface area contributed by atoms with E-state index in [9.17, 15) is 0 Å². The Morgan fingerprint density at radius 2 is 2.00 bits per heavy atom. The summed E-state index contributed by atoms with van der Waals surface area (Å²) < 4.78 is 3.71. The highest BCUT2D eigenvalue weighted by molar-refractivity contribution is 5.24. The van der Waals surface area contributed by atoms with Gasteiger partial charge in [-0.3, -0.25) is 9.36 Å². The lowest BCUT2D eigenvalue weighted by molar-refractivity contribution is 0.568. The van der Waals surface area contributed by atoms with Gasteiger partial charge in [0.25, 0.3) is 0 Å². The second-order valence-electron chi connectivity index (χ2n) is 5.08. The fourth-order valence-corrected chi connectivity index (χ4v) is 2.35. The highest BCUT2D eigenvalue weighted by atomic mass is 15.3. The Balaban J connectivity index is 1.93. The van der Waals surface area contributed by atoms with Crippen LogP contribution in [0.15, 0.2) is 6.33 Å². The van der Waals surface area contributed by atoms with E-state index >= 15 is 0 Å². The van der Waals surface area contributed by atoms with E-state index in [1.165, 1.54) is 11.3 Å². The summed E-state index contributed by atoms with van der Waals surface area (Å²) in [7, 11) is 3.87. The van der Waals surface area contributed by atoms with Crippen molar-refractivity contribution >= 4 is 0 Å². The Labute approximate surface area is 113 Å². The standard InChI is InChI=1S/C13H22N6/c1-9-12(10(2)18(3)17-9)6-5-11(14)7-13-15-8-16-19(13)4/h8,11H,5-7,14H2,1-4H3. The second kappa shape index (κ2) is 5.52. The molecule has 19 heavy (non-hydrogen) atoms. The van der Waals surface area contributed by atoms with Crippen molar-refractivity contribution in [3.8, 4) is 0 Å². The van der Waals surface area contributed by atoms with Gasteiger partial charge < -0.3 is 5.73 Å². The van der Waals surface area contributed by atoms with Gasteiger partial charge in [-0.2, -0.15) is 10.2 Å². The van der Waals surface area contributed by atoms with Crippen LogP contribution in [-0.2, 0) is 26.9 Å². The Morgan fingerprint density at radius 1 is 1.26 bits per heavy atom. The normalized spacial score (nSPS) is 12.9. The van der Waals surface area contributed by atoms with Gasteiger partial charge in [-0.25, -0.2) is 4.98 Å². The van der Waals surface area contributed by atoms with Gasteiger partial charge in [-0.15, -0.1) is 0 Å². The third kappa shape index (κ3) is 3.01. The SMILES string of the molecule is Cc1nn(C)c(C)c1CCC(N)Cc1ncnn1C. The third-order valence-electron chi connectivity index (χ3n) is 3.67. The van der Waals surface area contributed by atoms with E-state index in [0.717, 1.165) is 30.8 Å². The van der Waals surface area contributed by atoms with Crippen LogP contribution >= 0.6 is 0 Å². The maximum atomic E-state index is 6.18. The molecule has 6 nitrogen and oxygen atoms in total. The number of nitrogens with zero attached hydrogens (tertiary/aromatic N) is 5. The number of rotatable bonds is 5. The van der Waals surface area contributed by atoms with Crippen molar-refractivity contribution in [3.05, 3.63) is 29.1 Å². The van der Waals surface area contributed by atoms with Crippen molar-refractivity contribution in [1.82, 2.24) is 24.5 Å². The minimum absolute atomic E-state index is 0.0990. The van der Waals surface area contributed by atoms with Crippen LogP contribution in [0.3, 0.4) is 0 Å². The summed E-state index contributed by atoms with van der Waals surface area (Å²) in [5.41, 5.74) is 9.82. The molecule has 104 valence electrons. The van der Waals surface area contributed by atoms with E-state index < -0.39 is 0 Å². The van der Waals surface area contributed by atoms with E-state index in [1.807, 2.05) is 18.8 Å². The van der Waals surface area contributed by atoms with Crippen LogP contribution < -0.4 is 5.73 Å². The zero-order valence-corrected chi connectivity index (χ0v) is 12.1. The summed E-state index contributed by atoms with van der Waals surface area (Å²) in [6, 6.07) is 0.0990. The Hall–Kier alpha value is -1.69. The van der Waals surface area contributed by atoms with Crippen molar-refractivity contribution in [1.29, 1.82) is 0 Å². The van der Waals surface area contributed by atoms with Gasteiger partial charge in [0.2, 0.25) is 0 Å². The van der Waals surface area contributed by atoms with Crippen LogP contribution in [0.2, 0.25) is 0 Å². The largest absolute Gasteiger partial charge is 0.327 e. The molecule has 0 fully saturated rings. The zero-order valence-electron chi connectivity index (χ0n) is 12.1. The van der Waals surface area contributed by atoms with E-state index in [1.54, 1.807) is 11.0 Å². The Kier molecular flexibility index (Phi) is 3.99. The first-order chi connectivity index (χ1) is 8.99. The van der Waals surface area contributed by atoms with E-state index in [0.29, 0.717) is 0 Å². The van der Waals surface area contributed by atoms with Crippen molar-refractivity contribution in [2.24, 2.45) is 19.8 Å². The molecule has 2 aromatic heterocycles. The highest BCUT2D eigenvalue weighted by Crippen LogP contribution is 2.15. The Morgan fingerprint density at radius 3 is 2.53 bits per heavy atom. The molecule has 0 aliphatic heterocycles. The van der Waals surface area contributed by atoms with Gasteiger partial charge in [0.1, 0.15) is 12.2 Å². The molecule has 1 atom stereocenters. The van der Waals surface area contributed by atoms with E-state index in [2.05, 4.69) is 29.0 Å².